The third-order valence-electron chi connectivity index (χ3n) is 12.0. The Hall–Kier alpha value is -5.84. The Kier molecular flexibility index (Phi) is 33.5. The lowest BCUT2D eigenvalue weighted by atomic mass is 9.90. The second kappa shape index (κ2) is 36.7. The first-order valence-electron chi connectivity index (χ1n) is 26.6. The molecule has 0 saturated carbocycles. The van der Waals surface area contributed by atoms with Crippen LogP contribution in [0.4, 0.5) is 0 Å². The van der Waals surface area contributed by atoms with E-state index in [9.17, 15) is 49.8 Å². The number of benzene rings is 4. The normalized spacial score (nSPS) is 12.3. The minimum atomic E-state index is -1.14. The molecule has 4 aromatic rings. The van der Waals surface area contributed by atoms with Gasteiger partial charge in [-0.15, -0.1) is 0 Å². The van der Waals surface area contributed by atoms with Crippen LogP contribution in [0.25, 0.3) is 0 Å². The standard InChI is InChI=1S/C20H29IO7.C15H19IO5.C14H17IO5.C13H15IO5/c1-8-24-13(5)27-17-10-16(23-7)15(11-26-20(22)12(3)4)19(18(17)21)28-14(6)25-9-2;1-6-15(4,21-14(19)8(2)3)11-10(20-5)7-9(17)12(16)13(11)18;1-7(2)13(18)20-14(3,4)10-9(19-5)6-8(16)11(15)12(10)17;1-6(2)13(17)19-7(3)10-9(18-4)5-8(15)11(14)12(10)16/h10,13-14H,3,8-9,11H2,1-2,4-7H3;7,17-18H,2,6H2,1,3-5H3;6,16-17H,1H2,2-5H3;5,7,15-16H,1H2,2-4H3. The van der Waals surface area contributed by atoms with Gasteiger partial charge < -0.3 is 87.5 Å². The molecule has 4 atom stereocenters. The van der Waals surface area contributed by atoms with Gasteiger partial charge in [-0.25, -0.2) is 19.2 Å². The first-order chi connectivity index (χ1) is 40.8. The number of phenolic OH excluding ortho intramolecular Hbond substituents is 6. The number of methoxy groups -OCH3 is 4. The molecule has 0 heterocycles. The maximum absolute atomic E-state index is 11.9. The van der Waals surface area contributed by atoms with Crippen molar-refractivity contribution in [2.24, 2.45) is 0 Å². The molecule has 22 nitrogen and oxygen atoms in total. The number of carbonyl (C=O) groups is 4. The van der Waals surface area contributed by atoms with E-state index in [4.69, 9.17) is 56.8 Å². The fourth-order valence-electron chi connectivity index (χ4n) is 7.39. The lowest BCUT2D eigenvalue weighted by Crippen LogP contribution is -2.29. The van der Waals surface area contributed by atoms with Crippen LogP contribution in [0.3, 0.4) is 0 Å². The van der Waals surface area contributed by atoms with Gasteiger partial charge in [-0.1, -0.05) is 33.2 Å². The van der Waals surface area contributed by atoms with E-state index in [1.807, 2.05) is 43.4 Å². The maximum atomic E-state index is 11.9. The zero-order chi connectivity index (χ0) is 68.0. The van der Waals surface area contributed by atoms with Crippen molar-refractivity contribution in [3.63, 3.8) is 0 Å². The summed E-state index contributed by atoms with van der Waals surface area (Å²) < 4.78 is 66.6. The van der Waals surface area contributed by atoms with Crippen LogP contribution in [0.2, 0.25) is 0 Å². The summed E-state index contributed by atoms with van der Waals surface area (Å²) in [7, 11) is 5.75. The Labute approximate surface area is 569 Å². The van der Waals surface area contributed by atoms with Gasteiger partial charge >= 0.3 is 23.9 Å². The van der Waals surface area contributed by atoms with E-state index in [2.05, 4.69) is 48.9 Å². The average Bonchev–Trinajstić information content (AvgIpc) is 3.19. The molecule has 4 unspecified atom stereocenters. The molecule has 4 rings (SSSR count). The molecule has 0 aliphatic rings. The summed E-state index contributed by atoms with van der Waals surface area (Å²) in [6.45, 7) is 37.1. The van der Waals surface area contributed by atoms with Gasteiger partial charge in [0.2, 0.25) is 0 Å². The molecule has 0 fully saturated rings. The lowest BCUT2D eigenvalue weighted by molar-refractivity contribution is -0.155. The van der Waals surface area contributed by atoms with Crippen molar-refractivity contribution in [2.45, 2.75) is 133 Å². The largest absolute Gasteiger partial charge is 0.507 e. The van der Waals surface area contributed by atoms with Gasteiger partial charge in [0.15, 0.2) is 12.6 Å². The Morgan fingerprint density at radius 2 is 0.909 bits per heavy atom. The summed E-state index contributed by atoms with van der Waals surface area (Å²) in [6.07, 6.45) is -1.28. The Morgan fingerprint density at radius 1 is 0.511 bits per heavy atom. The van der Waals surface area contributed by atoms with Crippen LogP contribution in [-0.2, 0) is 65.4 Å². The minimum absolute atomic E-state index is 0.0413. The highest BCUT2D eigenvalue weighted by Crippen LogP contribution is 2.49. The molecule has 26 heteroatoms. The Bertz CT molecular complexity index is 3180. The third-order valence-corrected chi connectivity index (χ3v) is 16.2. The molecular formula is C62H80I4O22. The molecule has 0 saturated heterocycles. The molecule has 0 amide bonds. The zero-order valence-corrected chi connectivity index (χ0v) is 61.1. The quantitative estimate of drug-likeness (QED) is 0.0118. The molecular weight excluding hydrogens is 1600 g/mol. The number of carbonyl (C=O) groups excluding carboxylic acids is 4. The highest BCUT2D eigenvalue weighted by atomic mass is 127. The molecule has 6 N–H and O–H groups in total. The summed E-state index contributed by atoms with van der Waals surface area (Å²) in [4.78, 5) is 46.9. The zero-order valence-electron chi connectivity index (χ0n) is 52.4. The molecule has 88 heavy (non-hydrogen) atoms. The number of phenols is 6. The van der Waals surface area contributed by atoms with Crippen LogP contribution in [0, 0.1) is 14.3 Å². The van der Waals surface area contributed by atoms with Gasteiger partial charge in [0.25, 0.3) is 0 Å². The van der Waals surface area contributed by atoms with Crippen LogP contribution < -0.4 is 28.4 Å². The first-order valence-corrected chi connectivity index (χ1v) is 30.9. The van der Waals surface area contributed by atoms with Gasteiger partial charge in [-0.3, -0.25) is 0 Å². The summed E-state index contributed by atoms with van der Waals surface area (Å²) >= 11 is 7.53. The minimum Gasteiger partial charge on any atom is -0.507 e. The monoisotopic (exact) mass is 1680 g/mol. The Morgan fingerprint density at radius 3 is 1.33 bits per heavy atom. The molecule has 0 radical (unpaired) electrons. The number of ether oxygens (including phenoxy) is 12. The fraction of sp³-hybridized carbons (Fsp3) is 0.419. The van der Waals surface area contributed by atoms with E-state index >= 15 is 0 Å². The summed E-state index contributed by atoms with van der Waals surface area (Å²) in [6, 6.07) is 5.84. The topological polar surface area (TPSA) is 300 Å². The van der Waals surface area contributed by atoms with Gasteiger partial charge in [-0.05, 0) is 180 Å². The molecule has 0 aliphatic heterocycles. The SMILES string of the molecule is C=C(C)C(=O)OC(C)(C)c1c(OC)cc(O)c(I)c1O.C=C(C)C(=O)OC(C)(CC)c1c(OC)cc(O)c(I)c1O.C=C(C)C(=O)OC(C)c1c(OC)cc(O)c(I)c1O.C=C(C)C(=O)OCc1c(OC)cc(OC(C)OCC)c(I)c1OC(C)OCC. The van der Waals surface area contributed by atoms with E-state index in [1.54, 1.807) is 107 Å². The van der Waals surface area contributed by atoms with Gasteiger partial charge in [0, 0.05) is 59.8 Å². The van der Waals surface area contributed by atoms with Crippen molar-refractivity contribution >= 4 is 114 Å². The molecule has 4 aromatic carbocycles. The number of hydrogen-bond acceptors (Lipinski definition) is 22. The van der Waals surface area contributed by atoms with E-state index < -0.39 is 53.8 Å². The number of halogens is 4. The summed E-state index contributed by atoms with van der Waals surface area (Å²) in [5.74, 6) is -0.782. The van der Waals surface area contributed by atoms with Crippen molar-refractivity contribution in [1.82, 2.24) is 0 Å². The molecule has 0 aliphatic carbocycles. The van der Waals surface area contributed by atoms with E-state index in [0.29, 0.717) is 62.7 Å². The van der Waals surface area contributed by atoms with Gasteiger partial charge in [-0.2, -0.15) is 0 Å². The van der Waals surface area contributed by atoms with Crippen molar-refractivity contribution in [1.29, 1.82) is 0 Å². The first kappa shape index (κ1) is 80.2. The number of hydrogen-bond donors (Lipinski definition) is 6. The number of esters is 4. The molecule has 0 bridgehead atoms. The number of aromatic hydroxyl groups is 6. The average molecular weight is 1680 g/mol. The van der Waals surface area contributed by atoms with Gasteiger partial charge in [0.1, 0.15) is 92.9 Å². The van der Waals surface area contributed by atoms with E-state index in [-0.39, 0.29) is 91.3 Å². The summed E-state index contributed by atoms with van der Waals surface area (Å²) in [5.41, 5.74) is 0.345. The van der Waals surface area contributed by atoms with Crippen LogP contribution in [-0.4, -0.2) is 109 Å². The third kappa shape index (κ3) is 22.3. The predicted molar refractivity (Wildman–Crippen MR) is 363 cm³/mol. The molecule has 0 spiro atoms. The molecule has 488 valence electrons. The second-order valence-corrected chi connectivity index (χ2v) is 23.9. The number of rotatable bonds is 25. The highest BCUT2D eigenvalue weighted by Gasteiger charge is 2.38. The maximum Gasteiger partial charge on any atom is 0.333 e. The van der Waals surface area contributed by atoms with Crippen molar-refractivity contribution in [2.75, 3.05) is 41.7 Å². The highest BCUT2D eigenvalue weighted by molar-refractivity contribution is 14.1. The van der Waals surface area contributed by atoms with Crippen molar-refractivity contribution < 1.29 is 107 Å². The van der Waals surface area contributed by atoms with Crippen LogP contribution in [0.5, 0.6) is 69.0 Å². The smallest absolute Gasteiger partial charge is 0.333 e. The van der Waals surface area contributed by atoms with Gasteiger partial charge in [0.05, 0.1) is 65.0 Å². The van der Waals surface area contributed by atoms with Crippen LogP contribution in [0.15, 0.2) is 72.9 Å². The fourth-order valence-corrected chi connectivity index (χ4v) is 9.42. The lowest BCUT2D eigenvalue weighted by Gasteiger charge is -2.31. The second-order valence-electron chi connectivity index (χ2n) is 19.5. The summed E-state index contributed by atoms with van der Waals surface area (Å²) in [5, 5.41) is 59.7. The van der Waals surface area contributed by atoms with E-state index in [0.717, 1.165) is 0 Å². The van der Waals surface area contributed by atoms with Crippen molar-refractivity contribution in [3.8, 4) is 69.0 Å². The van der Waals surface area contributed by atoms with Crippen LogP contribution in [0.1, 0.15) is 125 Å². The van der Waals surface area contributed by atoms with E-state index in [1.165, 1.54) is 60.5 Å². The Balaban J connectivity index is 0.000000594. The molecule has 0 aromatic heterocycles. The predicted octanol–water partition coefficient (Wildman–Crippen LogP) is 13.9. The van der Waals surface area contributed by atoms with Crippen molar-refractivity contribution in [3.05, 3.63) is 109 Å². The van der Waals surface area contributed by atoms with Crippen LogP contribution >= 0.6 is 90.4 Å².